The van der Waals surface area contributed by atoms with E-state index in [0.717, 1.165) is 16.7 Å². The third-order valence-corrected chi connectivity index (χ3v) is 6.12. The molecule has 0 aliphatic carbocycles. The first-order valence-corrected chi connectivity index (χ1v) is 11.3. The lowest BCUT2D eigenvalue weighted by molar-refractivity contribution is -0.121. The second kappa shape index (κ2) is 10.7. The largest absolute Gasteiger partial charge is 0.497 e. The Bertz CT molecular complexity index is 1170. The van der Waals surface area contributed by atoms with Gasteiger partial charge in [-0.2, -0.15) is 0 Å². The van der Waals surface area contributed by atoms with E-state index in [2.05, 4.69) is 29.6 Å². The van der Waals surface area contributed by atoms with Crippen molar-refractivity contribution in [1.82, 2.24) is 0 Å². The molecule has 4 heteroatoms. The summed E-state index contributed by atoms with van der Waals surface area (Å²) >= 11 is 0. The van der Waals surface area contributed by atoms with Crippen LogP contribution in [0, 0.1) is 0 Å². The molecular formula is C30H29NO3. The van der Waals surface area contributed by atoms with E-state index in [4.69, 9.17) is 9.47 Å². The highest BCUT2D eigenvalue weighted by molar-refractivity contribution is 6.00. The molecule has 0 fully saturated rings. The number of hydrogen-bond acceptors (Lipinski definition) is 3. The van der Waals surface area contributed by atoms with Crippen LogP contribution < -0.4 is 14.8 Å². The van der Waals surface area contributed by atoms with Crippen molar-refractivity contribution in [3.05, 3.63) is 126 Å². The van der Waals surface area contributed by atoms with Crippen LogP contribution in [-0.4, -0.2) is 20.1 Å². The summed E-state index contributed by atoms with van der Waals surface area (Å²) in [6, 6.07) is 35.8. The Morgan fingerprint density at radius 3 is 1.74 bits per heavy atom. The van der Waals surface area contributed by atoms with Crippen LogP contribution in [0.3, 0.4) is 0 Å². The molecule has 0 heterocycles. The number of ether oxygens (including phenoxy) is 2. The third kappa shape index (κ3) is 5.12. The molecule has 0 radical (unpaired) electrons. The van der Waals surface area contributed by atoms with Crippen molar-refractivity contribution in [3.8, 4) is 11.5 Å². The fraction of sp³-hybridized carbons (Fsp3) is 0.167. The molecule has 1 amide bonds. The highest BCUT2D eigenvalue weighted by Gasteiger charge is 2.41. The van der Waals surface area contributed by atoms with Crippen LogP contribution in [0.15, 0.2) is 109 Å². The van der Waals surface area contributed by atoms with Crippen molar-refractivity contribution in [2.75, 3.05) is 19.5 Å². The highest BCUT2D eigenvalue weighted by atomic mass is 16.5. The van der Waals surface area contributed by atoms with E-state index in [9.17, 15) is 4.79 Å². The molecule has 4 aromatic rings. The number of carbonyl (C=O) groups excluding carboxylic acids is 1. The van der Waals surface area contributed by atoms with Gasteiger partial charge in [-0.3, -0.25) is 4.79 Å². The predicted octanol–water partition coefficient (Wildman–Crippen LogP) is 6.07. The van der Waals surface area contributed by atoms with Gasteiger partial charge in [-0.05, 0) is 41.7 Å². The van der Waals surface area contributed by atoms with Gasteiger partial charge >= 0.3 is 0 Å². The number of rotatable bonds is 9. The van der Waals surface area contributed by atoms with E-state index in [-0.39, 0.29) is 5.91 Å². The lowest BCUT2D eigenvalue weighted by Crippen LogP contribution is -2.44. The molecule has 0 saturated heterocycles. The number of methoxy groups -OCH3 is 2. The summed E-state index contributed by atoms with van der Waals surface area (Å²) in [7, 11) is 3.19. The fourth-order valence-corrected chi connectivity index (χ4v) is 4.35. The van der Waals surface area contributed by atoms with Gasteiger partial charge in [0.1, 0.15) is 11.5 Å². The van der Waals surface area contributed by atoms with Gasteiger partial charge in [-0.1, -0.05) is 91.0 Å². The third-order valence-electron chi connectivity index (χ3n) is 6.12. The fourth-order valence-electron chi connectivity index (χ4n) is 4.35. The van der Waals surface area contributed by atoms with Gasteiger partial charge < -0.3 is 14.8 Å². The molecule has 0 saturated carbocycles. The zero-order valence-electron chi connectivity index (χ0n) is 19.5. The van der Waals surface area contributed by atoms with Gasteiger partial charge in [-0.25, -0.2) is 0 Å². The summed E-state index contributed by atoms with van der Waals surface area (Å²) in [5, 5.41) is 3.17. The Morgan fingerprint density at radius 1 is 0.706 bits per heavy atom. The Hall–Kier alpha value is -4.05. The number of benzene rings is 4. The van der Waals surface area contributed by atoms with Crippen LogP contribution in [0.4, 0.5) is 5.69 Å². The Balaban J connectivity index is 1.82. The van der Waals surface area contributed by atoms with E-state index in [1.807, 2.05) is 78.9 Å². The van der Waals surface area contributed by atoms with E-state index < -0.39 is 5.41 Å². The molecule has 4 aromatic carbocycles. The van der Waals surface area contributed by atoms with Crippen LogP contribution in [0.1, 0.15) is 16.7 Å². The number of anilines is 1. The van der Waals surface area contributed by atoms with Gasteiger partial charge in [0.25, 0.3) is 0 Å². The molecule has 0 bridgehead atoms. The highest BCUT2D eigenvalue weighted by Crippen LogP contribution is 2.36. The zero-order valence-corrected chi connectivity index (χ0v) is 19.5. The minimum absolute atomic E-state index is 0.0881. The smallest absolute Gasteiger partial charge is 0.235 e. The topological polar surface area (TPSA) is 47.6 Å². The first-order valence-electron chi connectivity index (χ1n) is 11.3. The van der Waals surface area contributed by atoms with E-state index in [1.54, 1.807) is 20.3 Å². The van der Waals surface area contributed by atoms with Gasteiger partial charge in [0.05, 0.1) is 25.3 Å². The first-order chi connectivity index (χ1) is 16.6. The van der Waals surface area contributed by atoms with E-state index >= 15 is 0 Å². The maximum atomic E-state index is 14.3. The molecule has 4 nitrogen and oxygen atoms in total. The standard InChI is InChI=1S/C30H29NO3/c1-33-26-18-19-27(28(20-26)34-2)31-29(32)30(25-16-10-5-11-17-25,21-23-12-6-3-7-13-23)22-24-14-8-4-9-15-24/h3-20H,21-22H2,1-2H3,(H,31,32). The summed E-state index contributed by atoms with van der Waals surface area (Å²) in [5.41, 5.74) is 2.93. The van der Waals surface area contributed by atoms with Crippen molar-refractivity contribution < 1.29 is 14.3 Å². The van der Waals surface area contributed by atoms with Gasteiger partial charge in [0, 0.05) is 6.07 Å². The summed E-state index contributed by atoms with van der Waals surface area (Å²) in [6.45, 7) is 0. The predicted molar refractivity (Wildman–Crippen MR) is 137 cm³/mol. The molecule has 34 heavy (non-hydrogen) atoms. The maximum Gasteiger partial charge on any atom is 0.235 e. The van der Waals surface area contributed by atoms with Crippen molar-refractivity contribution in [3.63, 3.8) is 0 Å². The quantitative estimate of drug-likeness (QED) is 0.336. The first kappa shape index (κ1) is 23.1. The summed E-state index contributed by atoms with van der Waals surface area (Å²) in [5.74, 6) is 1.13. The zero-order chi connectivity index (χ0) is 23.8. The van der Waals surface area contributed by atoms with Gasteiger partial charge in [0.15, 0.2) is 0 Å². The molecule has 1 N–H and O–H groups in total. The average Bonchev–Trinajstić information content (AvgIpc) is 2.90. The number of nitrogens with one attached hydrogen (secondary N) is 1. The van der Waals surface area contributed by atoms with Crippen LogP contribution in [0.2, 0.25) is 0 Å². The molecular weight excluding hydrogens is 422 g/mol. The Morgan fingerprint density at radius 2 is 1.24 bits per heavy atom. The molecule has 0 spiro atoms. The van der Waals surface area contributed by atoms with Crippen LogP contribution in [0.5, 0.6) is 11.5 Å². The van der Waals surface area contributed by atoms with Gasteiger partial charge in [0.2, 0.25) is 5.91 Å². The van der Waals surface area contributed by atoms with Gasteiger partial charge in [-0.15, -0.1) is 0 Å². The van der Waals surface area contributed by atoms with E-state index in [0.29, 0.717) is 30.0 Å². The minimum atomic E-state index is -0.838. The van der Waals surface area contributed by atoms with Crippen LogP contribution >= 0.6 is 0 Å². The number of hydrogen-bond donors (Lipinski definition) is 1. The lowest BCUT2D eigenvalue weighted by Gasteiger charge is -2.34. The summed E-state index contributed by atoms with van der Waals surface area (Å²) in [6.07, 6.45) is 1.11. The Labute approximate surface area is 201 Å². The average molecular weight is 452 g/mol. The minimum Gasteiger partial charge on any atom is -0.497 e. The second-order valence-electron chi connectivity index (χ2n) is 8.29. The van der Waals surface area contributed by atoms with Crippen molar-refractivity contribution in [2.45, 2.75) is 18.3 Å². The Kier molecular flexibility index (Phi) is 7.28. The second-order valence-corrected chi connectivity index (χ2v) is 8.29. The number of carbonyl (C=O) groups is 1. The monoisotopic (exact) mass is 451 g/mol. The summed E-state index contributed by atoms with van der Waals surface area (Å²) < 4.78 is 10.9. The van der Waals surface area contributed by atoms with Crippen molar-refractivity contribution in [2.24, 2.45) is 0 Å². The van der Waals surface area contributed by atoms with Crippen LogP contribution in [0.25, 0.3) is 0 Å². The molecule has 0 aliphatic heterocycles. The van der Waals surface area contributed by atoms with Crippen LogP contribution in [-0.2, 0) is 23.1 Å². The summed E-state index contributed by atoms with van der Waals surface area (Å²) in [4.78, 5) is 14.3. The van der Waals surface area contributed by atoms with Crippen molar-refractivity contribution in [1.29, 1.82) is 0 Å². The van der Waals surface area contributed by atoms with Crippen molar-refractivity contribution >= 4 is 11.6 Å². The molecule has 0 aliphatic rings. The van der Waals surface area contributed by atoms with E-state index in [1.165, 1.54) is 0 Å². The molecule has 172 valence electrons. The maximum absolute atomic E-state index is 14.3. The normalized spacial score (nSPS) is 11.0. The molecule has 0 unspecified atom stereocenters. The SMILES string of the molecule is COc1ccc(NC(=O)C(Cc2ccccc2)(Cc2ccccc2)c2ccccc2)c(OC)c1. The molecule has 0 aromatic heterocycles. The lowest BCUT2D eigenvalue weighted by atomic mass is 9.70. The molecule has 4 rings (SSSR count). The number of amides is 1. The molecule has 0 atom stereocenters.